The Labute approximate surface area is 94.9 Å². The van der Waals surface area contributed by atoms with E-state index in [1.165, 1.54) is 5.56 Å². The van der Waals surface area contributed by atoms with Crippen LogP contribution in [0, 0.1) is 11.3 Å². The number of fused-ring (bicyclic) bond motifs is 1. The summed E-state index contributed by atoms with van der Waals surface area (Å²) in [5.41, 5.74) is 2.10. The van der Waals surface area contributed by atoms with Gasteiger partial charge in [-0.05, 0) is 13.1 Å². The maximum absolute atomic E-state index is 8.52. The van der Waals surface area contributed by atoms with Gasteiger partial charge < -0.3 is 9.32 Å². The van der Waals surface area contributed by atoms with E-state index in [1.54, 1.807) is 6.26 Å². The van der Waals surface area contributed by atoms with Crippen molar-refractivity contribution in [3.05, 3.63) is 36.1 Å². The Bertz CT molecular complexity index is 510. The zero-order chi connectivity index (χ0) is 11.4. The Hall–Kier alpha value is -1.79. The topological polar surface area (TPSA) is 40.2 Å². The van der Waals surface area contributed by atoms with Crippen LogP contribution in [-0.2, 0) is 6.54 Å². The largest absolute Gasteiger partial charge is 0.464 e. The molecule has 0 aliphatic heterocycles. The van der Waals surface area contributed by atoms with Crippen LogP contribution >= 0.6 is 0 Å². The van der Waals surface area contributed by atoms with Gasteiger partial charge in [0.1, 0.15) is 5.58 Å². The number of hydrogen-bond donors (Lipinski definition) is 0. The van der Waals surface area contributed by atoms with Gasteiger partial charge in [0.15, 0.2) is 0 Å². The van der Waals surface area contributed by atoms with Crippen molar-refractivity contribution in [1.29, 1.82) is 5.26 Å². The van der Waals surface area contributed by atoms with Crippen molar-refractivity contribution in [2.24, 2.45) is 0 Å². The minimum atomic E-state index is 0.562. The number of nitrogens with zero attached hydrogens (tertiary/aromatic N) is 2. The van der Waals surface area contributed by atoms with Gasteiger partial charge in [0.25, 0.3) is 0 Å². The Morgan fingerprint density at radius 1 is 1.38 bits per heavy atom. The van der Waals surface area contributed by atoms with Gasteiger partial charge in [0.2, 0.25) is 0 Å². The van der Waals surface area contributed by atoms with Crippen LogP contribution in [0.4, 0.5) is 0 Å². The summed E-state index contributed by atoms with van der Waals surface area (Å²) in [5, 5.41) is 9.68. The van der Waals surface area contributed by atoms with Crippen molar-refractivity contribution >= 4 is 11.0 Å². The van der Waals surface area contributed by atoms with Crippen LogP contribution in [0.2, 0.25) is 0 Å². The quantitative estimate of drug-likeness (QED) is 0.785. The number of furan rings is 1. The van der Waals surface area contributed by atoms with Crippen molar-refractivity contribution < 1.29 is 4.42 Å². The third-order valence-electron chi connectivity index (χ3n) is 2.61. The van der Waals surface area contributed by atoms with Gasteiger partial charge in [-0.2, -0.15) is 5.26 Å². The molecule has 3 nitrogen and oxygen atoms in total. The first kappa shape index (κ1) is 10.7. The average molecular weight is 214 g/mol. The maximum atomic E-state index is 8.52. The second-order valence-corrected chi connectivity index (χ2v) is 3.90. The van der Waals surface area contributed by atoms with Gasteiger partial charge >= 0.3 is 0 Å². The van der Waals surface area contributed by atoms with Gasteiger partial charge in [-0.25, -0.2) is 0 Å². The SMILES string of the molecule is CN(CCC#N)Cc1coc2ccccc12. The molecule has 0 amide bonds. The predicted molar refractivity (Wildman–Crippen MR) is 62.8 cm³/mol. The second kappa shape index (κ2) is 4.82. The monoisotopic (exact) mass is 214 g/mol. The summed E-state index contributed by atoms with van der Waals surface area (Å²) in [7, 11) is 2.01. The van der Waals surface area contributed by atoms with Gasteiger partial charge in [0.05, 0.1) is 12.3 Å². The fraction of sp³-hybridized carbons (Fsp3) is 0.308. The summed E-state index contributed by atoms with van der Waals surface area (Å²) < 4.78 is 5.46. The van der Waals surface area contributed by atoms with Gasteiger partial charge in [-0.15, -0.1) is 0 Å². The summed E-state index contributed by atoms with van der Waals surface area (Å²) in [4.78, 5) is 2.13. The molecule has 2 rings (SSSR count). The zero-order valence-electron chi connectivity index (χ0n) is 9.31. The normalized spacial score (nSPS) is 10.8. The fourth-order valence-corrected chi connectivity index (χ4v) is 1.77. The lowest BCUT2D eigenvalue weighted by molar-refractivity contribution is 0.334. The molecule has 0 atom stereocenters. The van der Waals surface area contributed by atoms with E-state index in [4.69, 9.17) is 9.68 Å². The van der Waals surface area contributed by atoms with E-state index in [2.05, 4.69) is 17.0 Å². The van der Waals surface area contributed by atoms with Crippen LogP contribution in [0.15, 0.2) is 34.9 Å². The third kappa shape index (κ3) is 2.23. The lowest BCUT2D eigenvalue weighted by Gasteiger charge is -2.13. The van der Waals surface area contributed by atoms with Gasteiger partial charge in [-0.3, -0.25) is 0 Å². The highest BCUT2D eigenvalue weighted by atomic mass is 16.3. The van der Waals surface area contributed by atoms with E-state index in [0.29, 0.717) is 6.42 Å². The molecule has 0 bridgehead atoms. The molecule has 1 aromatic heterocycles. The maximum Gasteiger partial charge on any atom is 0.134 e. The summed E-state index contributed by atoms with van der Waals surface area (Å²) >= 11 is 0. The van der Waals surface area contributed by atoms with Crippen LogP contribution in [0.1, 0.15) is 12.0 Å². The highest BCUT2D eigenvalue weighted by Gasteiger charge is 2.07. The summed E-state index contributed by atoms with van der Waals surface area (Å²) in [6, 6.07) is 10.2. The molecule has 2 aromatic rings. The van der Waals surface area contributed by atoms with Crippen LogP contribution in [0.5, 0.6) is 0 Å². The first-order valence-corrected chi connectivity index (χ1v) is 5.32. The van der Waals surface area contributed by atoms with E-state index >= 15 is 0 Å². The standard InChI is InChI=1S/C13H14N2O/c1-15(8-4-7-14)9-11-10-16-13-6-3-2-5-12(11)13/h2-3,5-6,10H,4,8-9H2,1H3. The van der Waals surface area contributed by atoms with Gasteiger partial charge in [-0.1, -0.05) is 18.2 Å². The molecular formula is C13H14N2O. The molecule has 0 aliphatic carbocycles. The van der Waals surface area contributed by atoms with Crippen molar-refractivity contribution in [2.75, 3.05) is 13.6 Å². The molecular weight excluding hydrogens is 200 g/mol. The first-order chi connectivity index (χ1) is 7.81. The predicted octanol–water partition coefficient (Wildman–Crippen LogP) is 2.78. The molecule has 1 heterocycles. The Morgan fingerprint density at radius 3 is 3.00 bits per heavy atom. The van der Waals surface area contributed by atoms with E-state index in [-0.39, 0.29) is 0 Å². The molecule has 16 heavy (non-hydrogen) atoms. The van der Waals surface area contributed by atoms with E-state index in [9.17, 15) is 0 Å². The summed E-state index contributed by atoms with van der Waals surface area (Å²) in [6.45, 7) is 1.61. The lowest BCUT2D eigenvalue weighted by atomic mass is 10.1. The second-order valence-electron chi connectivity index (χ2n) is 3.90. The Kier molecular flexibility index (Phi) is 3.23. The molecule has 82 valence electrons. The van der Waals surface area contributed by atoms with E-state index in [1.807, 2.05) is 25.2 Å². The molecule has 0 saturated heterocycles. The zero-order valence-corrected chi connectivity index (χ0v) is 9.31. The molecule has 1 aromatic carbocycles. The highest BCUT2D eigenvalue weighted by Crippen LogP contribution is 2.21. The lowest BCUT2D eigenvalue weighted by Crippen LogP contribution is -2.18. The summed E-state index contributed by atoms with van der Waals surface area (Å²) in [6.07, 6.45) is 2.36. The van der Waals surface area contributed by atoms with Crippen LogP contribution in [0.25, 0.3) is 11.0 Å². The highest BCUT2D eigenvalue weighted by molar-refractivity contribution is 5.80. The van der Waals surface area contributed by atoms with Gasteiger partial charge in [0, 0.05) is 30.5 Å². The summed E-state index contributed by atoms with van der Waals surface area (Å²) in [5.74, 6) is 0. The molecule has 0 spiro atoms. The van der Waals surface area contributed by atoms with Crippen LogP contribution in [-0.4, -0.2) is 18.5 Å². The molecule has 3 heteroatoms. The van der Waals surface area contributed by atoms with Crippen LogP contribution < -0.4 is 0 Å². The first-order valence-electron chi connectivity index (χ1n) is 5.32. The number of benzene rings is 1. The minimum Gasteiger partial charge on any atom is -0.464 e. The molecule has 0 N–H and O–H groups in total. The molecule has 0 saturated carbocycles. The van der Waals surface area contributed by atoms with Crippen molar-refractivity contribution in [3.8, 4) is 6.07 Å². The average Bonchev–Trinajstić information content (AvgIpc) is 2.70. The van der Waals surface area contributed by atoms with E-state index < -0.39 is 0 Å². The molecule has 0 fully saturated rings. The van der Waals surface area contributed by atoms with E-state index in [0.717, 1.165) is 24.1 Å². The molecule has 0 radical (unpaired) electrons. The molecule has 0 aliphatic rings. The molecule has 0 unspecified atom stereocenters. The number of rotatable bonds is 4. The van der Waals surface area contributed by atoms with Crippen molar-refractivity contribution in [3.63, 3.8) is 0 Å². The van der Waals surface area contributed by atoms with Crippen molar-refractivity contribution in [1.82, 2.24) is 4.90 Å². The smallest absolute Gasteiger partial charge is 0.134 e. The number of para-hydroxylation sites is 1. The van der Waals surface area contributed by atoms with Crippen LogP contribution in [0.3, 0.4) is 0 Å². The number of hydrogen-bond acceptors (Lipinski definition) is 3. The number of nitriles is 1. The third-order valence-corrected chi connectivity index (χ3v) is 2.61. The fourth-order valence-electron chi connectivity index (χ4n) is 1.77. The minimum absolute atomic E-state index is 0.562. The Balaban J connectivity index is 2.12. The van der Waals surface area contributed by atoms with Crippen molar-refractivity contribution in [2.45, 2.75) is 13.0 Å². The Morgan fingerprint density at radius 2 is 2.19 bits per heavy atom.